The Hall–Kier alpha value is -3.14. The van der Waals surface area contributed by atoms with Crippen LogP contribution in [-0.2, 0) is 14.4 Å². The summed E-state index contributed by atoms with van der Waals surface area (Å²) >= 11 is 0. The van der Waals surface area contributed by atoms with Gasteiger partial charge in [-0.15, -0.1) is 0 Å². The van der Waals surface area contributed by atoms with E-state index in [2.05, 4.69) is 16.7 Å². The Labute approximate surface area is 176 Å². The van der Waals surface area contributed by atoms with Crippen LogP contribution in [-0.4, -0.2) is 47.3 Å². The van der Waals surface area contributed by atoms with Gasteiger partial charge in [0.15, 0.2) is 0 Å². The van der Waals surface area contributed by atoms with Gasteiger partial charge in [-0.25, -0.2) is 0 Å². The smallest absolute Gasteiger partial charge is 0.247 e. The van der Waals surface area contributed by atoms with Crippen molar-refractivity contribution < 1.29 is 14.4 Å². The SMILES string of the molecule is N#C[C@H](C[C@@H]1CCNC1=O)NC(=O)[C@@H]1[C@H]2CC[C@H](C2)N1C(=O)/C=C/c1ccccc1. The third-order valence-electron chi connectivity index (χ3n) is 6.48. The summed E-state index contributed by atoms with van der Waals surface area (Å²) in [5.41, 5.74) is 0.926. The van der Waals surface area contributed by atoms with E-state index < -0.39 is 12.1 Å². The minimum absolute atomic E-state index is 0.0627. The van der Waals surface area contributed by atoms with E-state index in [0.717, 1.165) is 24.8 Å². The molecule has 1 aromatic rings. The van der Waals surface area contributed by atoms with Gasteiger partial charge in [0.25, 0.3) is 0 Å². The molecule has 2 saturated heterocycles. The molecule has 7 heteroatoms. The molecule has 2 N–H and O–H groups in total. The van der Waals surface area contributed by atoms with Gasteiger partial charge >= 0.3 is 0 Å². The van der Waals surface area contributed by atoms with E-state index in [0.29, 0.717) is 19.4 Å². The molecule has 5 atom stereocenters. The lowest BCUT2D eigenvalue weighted by molar-refractivity contribution is -0.139. The van der Waals surface area contributed by atoms with Crippen molar-refractivity contribution in [3.8, 4) is 6.07 Å². The highest BCUT2D eigenvalue weighted by atomic mass is 16.2. The van der Waals surface area contributed by atoms with Crippen LogP contribution < -0.4 is 10.6 Å². The highest BCUT2D eigenvalue weighted by molar-refractivity contribution is 5.96. The second-order valence-electron chi connectivity index (χ2n) is 8.36. The molecule has 3 aliphatic rings. The Morgan fingerprint density at radius 3 is 2.77 bits per heavy atom. The minimum atomic E-state index is -0.734. The zero-order valence-corrected chi connectivity index (χ0v) is 16.8. The summed E-state index contributed by atoms with van der Waals surface area (Å²) in [4.78, 5) is 39.5. The van der Waals surface area contributed by atoms with Gasteiger partial charge in [-0.3, -0.25) is 14.4 Å². The van der Waals surface area contributed by atoms with E-state index in [1.54, 1.807) is 11.0 Å². The molecule has 3 amide bonds. The van der Waals surface area contributed by atoms with Crippen LogP contribution in [0.2, 0.25) is 0 Å². The number of amides is 3. The highest BCUT2D eigenvalue weighted by Crippen LogP contribution is 2.42. The maximum absolute atomic E-state index is 13.1. The van der Waals surface area contributed by atoms with E-state index >= 15 is 0 Å². The van der Waals surface area contributed by atoms with Crippen molar-refractivity contribution in [2.24, 2.45) is 11.8 Å². The number of fused-ring (bicyclic) bond motifs is 2. The molecule has 4 rings (SSSR count). The minimum Gasteiger partial charge on any atom is -0.356 e. The third-order valence-corrected chi connectivity index (χ3v) is 6.48. The molecular formula is C23H26N4O3. The third kappa shape index (κ3) is 4.09. The topological polar surface area (TPSA) is 102 Å². The molecule has 1 saturated carbocycles. The second-order valence-corrected chi connectivity index (χ2v) is 8.36. The van der Waals surface area contributed by atoms with Crippen LogP contribution in [0.5, 0.6) is 0 Å². The van der Waals surface area contributed by atoms with Crippen LogP contribution >= 0.6 is 0 Å². The Morgan fingerprint density at radius 1 is 1.27 bits per heavy atom. The number of carbonyl (C=O) groups is 3. The van der Waals surface area contributed by atoms with Crippen LogP contribution in [0, 0.1) is 23.2 Å². The molecule has 1 aliphatic carbocycles. The molecule has 30 heavy (non-hydrogen) atoms. The summed E-state index contributed by atoms with van der Waals surface area (Å²) in [6.07, 6.45) is 6.92. The molecule has 0 radical (unpaired) electrons. The first kappa shape index (κ1) is 20.1. The normalized spacial score (nSPS) is 28.4. The van der Waals surface area contributed by atoms with Crippen molar-refractivity contribution in [1.29, 1.82) is 5.26 Å². The first-order valence-corrected chi connectivity index (χ1v) is 10.6. The number of likely N-dealkylation sites (tertiary alicyclic amines) is 1. The van der Waals surface area contributed by atoms with E-state index in [4.69, 9.17) is 0 Å². The quantitative estimate of drug-likeness (QED) is 0.701. The number of nitriles is 1. The van der Waals surface area contributed by atoms with E-state index in [-0.39, 0.29) is 35.6 Å². The first-order chi connectivity index (χ1) is 14.6. The summed E-state index contributed by atoms with van der Waals surface area (Å²) in [5, 5.41) is 15.1. The molecule has 2 heterocycles. The van der Waals surface area contributed by atoms with Gasteiger partial charge in [-0.1, -0.05) is 30.3 Å². The summed E-state index contributed by atoms with van der Waals surface area (Å²) in [5.74, 6) is -0.643. The van der Waals surface area contributed by atoms with Gasteiger partial charge in [-0.2, -0.15) is 5.26 Å². The number of carbonyl (C=O) groups excluding carboxylic acids is 3. The van der Waals surface area contributed by atoms with E-state index in [9.17, 15) is 19.6 Å². The maximum Gasteiger partial charge on any atom is 0.247 e. The number of benzene rings is 1. The van der Waals surface area contributed by atoms with Gasteiger partial charge in [0.05, 0.1) is 6.07 Å². The highest BCUT2D eigenvalue weighted by Gasteiger charge is 2.51. The molecule has 0 aromatic heterocycles. The Kier molecular flexibility index (Phi) is 5.84. The lowest BCUT2D eigenvalue weighted by Crippen LogP contribution is -2.54. The molecule has 0 unspecified atom stereocenters. The van der Waals surface area contributed by atoms with Crippen molar-refractivity contribution in [1.82, 2.24) is 15.5 Å². The van der Waals surface area contributed by atoms with Gasteiger partial charge in [-0.05, 0) is 49.7 Å². The van der Waals surface area contributed by atoms with Crippen LogP contribution in [0.25, 0.3) is 6.08 Å². The first-order valence-electron chi connectivity index (χ1n) is 10.6. The van der Waals surface area contributed by atoms with Crippen molar-refractivity contribution in [2.45, 2.75) is 50.2 Å². The lowest BCUT2D eigenvalue weighted by Gasteiger charge is -2.34. The summed E-state index contributed by atoms with van der Waals surface area (Å²) in [6.45, 7) is 0.609. The summed E-state index contributed by atoms with van der Waals surface area (Å²) in [6, 6.07) is 10.5. The molecule has 156 valence electrons. The fourth-order valence-electron chi connectivity index (χ4n) is 5.02. The molecular weight excluding hydrogens is 380 g/mol. The maximum atomic E-state index is 13.1. The second kappa shape index (κ2) is 8.70. The molecule has 3 fully saturated rings. The van der Waals surface area contributed by atoms with Gasteiger partial charge in [0.1, 0.15) is 12.1 Å². The van der Waals surface area contributed by atoms with Crippen LogP contribution in [0.15, 0.2) is 36.4 Å². The lowest BCUT2D eigenvalue weighted by atomic mass is 9.95. The van der Waals surface area contributed by atoms with Crippen molar-refractivity contribution >= 4 is 23.8 Å². The fourth-order valence-corrected chi connectivity index (χ4v) is 5.02. The van der Waals surface area contributed by atoms with Gasteiger partial charge in [0.2, 0.25) is 17.7 Å². The number of hydrogen-bond acceptors (Lipinski definition) is 4. The summed E-state index contributed by atoms with van der Waals surface area (Å²) < 4.78 is 0. The summed E-state index contributed by atoms with van der Waals surface area (Å²) in [7, 11) is 0. The van der Waals surface area contributed by atoms with E-state index in [1.807, 2.05) is 30.3 Å². The van der Waals surface area contributed by atoms with Gasteiger partial charge in [0, 0.05) is 24.6 Å². The number of nitrogens with zero attached hydrogens (tertiary/aromatic N) is 2. The largest absolute Gasteiger partial charge is 0.356 e. The predicted octanol–water partition coefficient (Wildman–Crippen LogP) is 1.61. The Morgan fingerprint density at radius 2 is 2.07 bits per heavy atom. The van der Waals surface area contributed by atoms with Gasteiger partial charge < -0.3 is 15.5 Å². The monoisotopic (exact) mass is 406 g/mol. The Balaban J connectivity index is 1.43. The zero-order valence-electron chi connectivity index (χ0n) is 16.8. The standard InChI is InChI=1S/C23H26N4O3/c24-14-18(12-17-10-11-25-22(17)29)26-23(30)21-16-7-8-19(13-16)27(21)20(28)9-6-15-4-2-1-3-5-15/h1-6,9,16-19,21H,7-8,10-13H2,(H,25,29)(H,26,30)/b9-6+/t16-,17-,18-,19+,21-/m0/s1. The fraction of sp³-hybridized carbons (Fsp3) is 0.478. The molecule has 1 aromatic carbocycles. The van der Waals surface area contributed by atoms with Crippen LogP contribution in [0.3, 0.4) is 0 Å². The van der Waals surface area contributed by atoms with Crippen molar-refractivity contribution in [3.63, 3.8) is 0 Å². The molecule has 0 spiro atoms. The zero-order chi connectivity index (χ0) is 21.1. The number of piperidine rings is 1. The Bertz CT molecular complexity index is 891. The molecule has 7 nitrogen and oxygen atoms in total. The van der Waals surface area contributed by atoms with Crippen molar-refractivity contribution in [3.05, 3.63) is 42.0 Å². The number of nitrogens with one attached hydrogen (secondary N) is 2. The van der Waals surface area contributed by atoms with Crippen LogP contribution in [0.1, 0.15) is 37.7 Å². The number of hydrogen-bond donors (Lipinski definition) is 2. The molecule has 2 aliphatic heterocycles. The molecule has 2 bridgehead atoms. The predicted molar refractivity (Wildman–Crippen MR) is 111 cm³/mol. The van der Waals surface area contributed by atoms with Crippen LogP contribution in [0.4, 0.5) is 0 Å². The van der Waals surface area contributed by atoms with Crippen molar-refractivity contribution in [2.75, 3.05) is 6.54 Å². The number of rotatable bonds is 6. The average Bonchev–Trinajstić information content (AvgIpc) is 3.48. The average molecular weight is 406 g/mol. The van der Waals surface area contributed by atoms with E-state index in [1.165, 1.54) is 6.08 Å².